The maximum absolute atomic E-state index is 13.5. The van der Waals surface area contributed by atoms with E-state index in [1.807, 2.05) is 20.9 Å². The Morgan fingerprint density at radius 3 is 2.80 bits per heavy atom. The monoisotopic (exact) mass is 281 g/mol. The second-order valence-corrected chi connectivity index (χ2v) is 6.42. The Morgan fingerprint density at radius 2 is 2.20 bits per heavy atom. The van der Waals surface area contributed by atoms with Crippen LogP contribution >= 0.6 is 0 Å². The molecule has 0 amide bonds. The molecule has 112 valence electrons. The predicted molar refractivity (Wildman–Crippen MR) is 77.6 cm³/mol. The van der Waals surface area contributed by atoms with Gasteiger partial charge in [0.1, 0.15) is 17.2 Å². The van der Waals surface area contributed by atoms with Crippen LogP contribution in [0.25, 0.3) is 0 Å². The summed E-state index contributed by atoms with van der Waals surface area (Å²) in [5.41, 5.74) is 0.355. The minimum atomic E-state index is -0.381. The molecule has 1 aliphatic rings. The summed E-state index contributed by atoms with van der Waals surface area (Å²) in [5.74, 6) is 0.360. The lowest BCUT2D eigenvalue weighted by molar-refractivity contribution is -0.0595. The molecule has 0 bridgehead atoms. The Hall–Kier alpha value is -1.13. The van der Waals surface area contributed by atoms with E-state index in [0.717, 1.165) is 18.4 Å². The van der Waals surface area contributed by atoms with Gasteiger partial charge < -0.3 is 14.8 Å². The molecule has 4 heteroatoms. The summed E-state index contributed by atoms with van der Waals surface area (Å²) < 4.78 is 25.1. The van der Waals surface area contributed by atoms with Crippen LogP contribution in [0.15, 0.2) is 18.2 Å². The van der Waals surface area contributed by atoms with E-state index < -0.39 is 0 Å². The molecule has 0 saturated heterocycles. The number of hydrogen-bond donors (Lipinski definition) is 1. The zero-order valence-corrected chi connectivity index (χ0v) is 12.9. The van der Waals surface area contributed by atoms with Gasteiger partial charge >= 0.3 is 0 Å². The fourth-order valence-electron chi connectivity index (χ4n) is 3.07. The van der Waals surface area contributed by atoms with Crippen molar-refractivity contribution in [2.45, 2.75) is 50.9 Å². The van der Waals surface area contributed by atoms with E-state index in [-0.39, 0.29) is 23.1 Å². The second-order valence-electron chi connectivity index (χ2n) is 6.42. The van der Waals surface area contributed by atoms with Crippen molar-refractivity contribution < 1.29 is 13.9 Å². The summed E-state index contributed by atoms with van der Waals surface area (Å²) in [6, 6.07) is 4.91. The Bertz CT molecular complexity index is 489. The molecule has 1 aliphatic heterocycles. The molecule has 1 heterocycles. The zero-order chi connectivity index (χ0) is 15.0. The van der Waals surface area contributed by atoms with Gasteiger partial charge in [-0.1, -0.05) is 6.07 Å². The smallest absolute Gasteiger partial charge is 0.127 e. The molecule has 2 atom stereocenters. The summed E-state index contributed by atoms with van der Waals surface area (Å²) in [7, 11) is 3.63. The Morgan fingerprint density at radius 1 is 1.50 bits per heavy atom. The van der Waals surface area contributed by atoms with Gasteiger partial charge in [-0.15, -0.1) is 0 Å². The average Bonchev–Trinajstić information content (AvgIpc) is 2.36. The van der Waals surface area contributed by atoms with Crippen LogP contribution in [0, 0.1) is 5.82 Å². The molecule has 0 fully saturated rings. The maximum Gasteiger partial charge on any atom is 0.127 e. The molecule has 0 aliphatic carbocycles. The molecular formula is C16H24FNO2. The fourth-order valence-corrected chi connectivity index (χ4v) is 3.07. The van der Waals surface area contributed by atoms with Gasteiger partial charge in [0.2, 0.25) is 0 Å². The lowest BCUT2D eigenvalue weighted by Crippen LogP contribution is -2.46. The molecule has 2 rings (SSSR count). The van der Waals surface area contributed by atoms with E-state index in [4.69, 9.17) is 9.47 Å². The first-order chi connectivity index (χ1) is 9.28. The number of halogens is 1. The molecule has 1 N–H and O–H groups in total. The summed E-state index contributed by atoms with van der Waals surface area (Å²) in [4.78, 5) is 0. The number of rotatable bonds is 4. The van der Waals surface area contributed by atoms with E-state index in [0.29, 0.717) is 5.75 Å². The van der Waals surface area contributed by atoms with Gasteiger partial charge in [0.05, 0.1) is 5.60 Å². The first-order valence-corrected chi connectivity index (χ1v) is 6.99. The predicted octanol–water partition coefficient (Wildman–Crippen LogP) is 3.44. The van der Waals surface area contributed by atoms with Gasteiger partial charge in [0.25, 0.3) is 0 Å². The van der Waals surface area contributed by atoms with Crippen LogP contribution in [0.5, 0.6) is 5.75 Å². The highest BCUT2D eigenvalue weighted by Crippen LogP contribution is 2.43. The molecule has 0 radical (unpaired) electrons. The first kappa shape index (κ1) is 15.3. The third-order valence-corrected chi connectivity index (χ3v) is 4.04. The third kappa shape index (κ3) is 3.13. The van der Waals surface area contributed by atoms with Gasteiger partial charge in [-0.05, 0) is 33.9 Å². The Balaban J connectivity index is 2.32. The SMILES string of the molecule is CNC1CC(C)(CC(C)(C)OC)Oc2cc(F)ccc21. The first-order valence-electron chi connectivity index (χ1n) is 6.99. The number of nitrogens with one attached hydrogen (secondary N) is 1. The van der Waals surface area contributed by atoms with Crippen LogP contribution in [0.2, 0.25) is 0 Å². The number of ether oxygens (including phenoxy) is 2. The molecule has 20 heavy (non-hydrogen) atoms. The summed E-state index contributed by atoms with van der Waals surface area (Å²) in [5, 5.41) is 3.30. The summed E-state index contributed by atoms with van der Waals surface area (Å²) >= 11 is 0. The van der Waals surface area contributed by atoms with Crippen molar-refractivity contribution in [2.75, 3.05) is 14.2 Å². The van der Waals surface area contributed by atoms with Crippen molar-refractivity contribution in [2.24, 2.45) is 0 Å². The zero-order valence-electron chi connectivity index (χ0n) is 12.9. The van der Waals surface area contributed by atoms with E-state index >= 15 is 0 Å². The van der Waals surface area contributed by atoms with E-state index in [9.17, 15) is 4.39 Å². The van der Waals surface area contributed by atoms with Crippen molar-refractivity contribution in [3.8, 4) is 5.75 Å². The van der Waals surface area contributed by atoms with E-state index in [1.165, 1.54) is 12.1 Å². The summed E-state index contributed by atoms with van der Waals surface area (Å²) in [6.45, 7) is 6.14. The molecular weight excluding hydrogens is 257 g/mol. The molecule has 0 spiro atoms. The highest BCUT2D eigenvalue weighted by Gasteiger charge is 2.41. The van der Waals surface area contributed by atoms with Crippen LogP contribution in [-0.2, 0) is 4.74 Å². The van der Waals surface area contributed by atoms with Crippen LogP contribution in [0.4, 0.5) is 4.39 Å². The quantitative estimate of drug-likeness (QED) is 0.917. The minimum absolute atomic E-state index is 0.164. The second kappa shape index (κ2) is 5.34. The molecule has 2 unspecified atom stereocenters. The normalized spacial score (nSPS) is 26.0. The van der Waals surface area contributed by atoms with Crippen LogP contribution in [0.1, 0.15) is 45.2 Å². The number of fused-ring (bicyclic) bond motifs is 1. The number of methoxy groups -OCH3 is 1. The van der Waals surface area contributed by atoms with E-state index in [1.54, 1.807) is 13.2 Å². The van der Waals surface area contributed by atoms with Crippen molar-refractivity contribution in [1.82, 2.24) is 5.32 Å². The van der Waals surface area contributed by atoms with Gasteiger partial charge in [0, 0.05) is 37.6 Å². The topological polar surface area (TPSA) is 30.5 Å². The van der Waals surface area contributed by atoms with E-state index in [2.05, 4.69) is 12.2 Å². The van der Waals surface area contributed by atoms with Crippen LogP contribution in [0.3, 0.4) is 0 Å². The van der Waals surface area contributed by atoms with Crippen molar-refractivity contribution in [1.29, 1.82) is 0 Å². The third-order valence-electron chi connectivity index (χ3n) is 4.04. The molecule has 3 nitrogen and oxygen atoms in total. The minimum Gasteiger partial charge on any atom is -0.487 e. The summed E-state index contributed by atoms with van der Waals surface area (Å²) in [6.07, 6.45) is 1.57. The Kier molecular flexibility index (Phi) is 4.07. The van der Waals surface area contributed by atoms with Gasteiger partial charge in [0.15, 0.2) is 0 Å². The van der Waals surface area contributed by atoms with Crippen molar-refractivity contribution in [3.05, 3.63) is 29.6 Å². The molecule has 0 aromatic heterocycles. The van der Waals surface area contributed by atoms with Crippen LogP contribution in [-0.4, -0.2) is 25.4 Å². The highest BCUT2D eigenvalue weighted by molar-refractivity contribution is 5.39. The van der Waals surface area contributed by atoms with Crippen molar-refractivity contribution in [3.63, 3.8) is 0 Å². The number of hydrogen-bond acceptors (Lipinski definition) is 3. The van der Waals surface area contributed by atoms with Gasteiger partial charge in [-0.3, -0.25) is 0 Å². The molecule has 0 saturated carbocycles. The lowest BCUT2D eigenvalue weighted by Gasteiger charge is -2.43. The highest BCUT2D eigenvalue weighted by atomic mass is 19.1. The maximum atomic E-state index is 13.5. The fraction of sp³-hybridized carbons (Fsp3) is 0.625. The average molecular weight is 281 g/mol. The lowest BCUT2D eigenvalue weighted by atomic mass is 9.81. The standard InChI is InChI=1S/C16H24FNO2/c1-15(2,19-5)10-16(3)9-13(18-4)12-7-6-11(17)8-14(12)20-16/h6-8,13,18H,9-10H2,1-5H3. The Labute approximate surface area is 120 Å². The van der Waals surface area contributed by atoms with Crippen LogP contribution < -0.4 is 10.1 Å². The largest absolute Gasteiger partial charge is 0.487 e. The molecule has 1 aromatic rings. The number of benzene rings is 1. The van der Waals surface area contributed by atoms with Crippen molar-refractivity contribution >= 4 is 0 Å². The van der Waals surface area contributed by atoms with Gasteiger partial charge in [-0.2, -0.15) is 0 Å². The molecule has 1 aromatic carbocycles. The van der Waals surface area contributed by atoms with Gasteiger partial charge in [-0.25, -0.2) is 4.39 Å².